The Kier molecular flexibility index (Phi) is 5.24. The Balaban J connectivity index is 1.29. The number of esters is 1. The van der Waals surface area contributed by atoms with Gasteiger partial charge in [-0.05, 0) is 37.1 Å². The van der Waals surface area contributed by atoms with Gasteiger partial charge in [0.25, 0.3) is 11.8 Å². The minimum Gasteiger partial charge on any atom is -0.455 e. The zero-order chi connectivity index (χ0) is 23.0. The van der Waals surface area contributed by atoms with Crippen molar-refractivity contribution in [2.24, 2.45) is 0 Å². The SMILES string of the molecule is O=C(CCn1c(=O)oc2ccccc21)OCC(=O)N1c2ccccc2NC(=O)C12CCCC2. The van der Waals surface area contributed by atoms with Crippen molar-refractivity contribution in [2.45, 2.75) is 44.2 Å². The van der Waals surface area contributed by atoms with Gasteiger partial charge in [0, 0.05) is 6.54 Å². The Labute approximate surface area is 188 Å². The van der Waals surface area contributed by atoms with E-state index >= 15 is 0 Å². The third-order valence-corrected chi connectivity index (χ3v) is 6.39. The summed E-state index contributed by atoms with van der Waals surface area (Å²) in [7, 11) is 0. The fourth-order valence-corrected chi connectivity index (χ4v) is 4.84. The highest BCUT2D eigenvalue weighted by Gasteiger charge is 2.52. The number of amides is 2. The molecule has 1 aliphatic heterocycles. The second kappa shape index (κ2) is 8.23. The van der Waals surface area contributed by atoms with Gasteiger partial charge >= 0.3 is 11.7 Å². The second-order valence-corrected chi connectivity index (χ2v) is 8.34. The largest absolute Gasteiger partial charge is 0.455 e. The molecular weight excluding hydrogens is 426 g/mol. The molecule has 2 amide bonds. The van der Waals surface area contributed by atoms with E-state index in [1.807, 2.05) is 0 Å². The first-order chi connectivity index (χ1) is 16.0. The van der Waals surface area contributed by atoms with Crippen molar-refractivity contribution in [2.75, 3.05) is 16.8 Å². The van der Waals surface area contributed by atoms with Gasteiger partial charge in [-0.1, -0.05) is 37.1 Å². The predicted molar refractivity (Wildman–Crippen MR) is 120 cm³/mol. The fraction of sp³-hybridized carbons (Fsp3) is 0.333. The summed E-state index contributed by atoms with van der Waals surface area (Å²) in [5, 5.41) is 2.92. The maximum Gasteiger partial charge on any atom is 0.419 e. The van der Waals surface area contributed by atoms with Gasteiger partial charge in [-0.2, -0.15) is 0 Å². The van der Waals surface area contributed by atoms with E-state index in [0.717, 1.165) is 12.8 Å². The van der Waals surface area contributed by atoms with Crippen molar-refractivity contribution in [3.8, 4) is 0 Å². The predicted octanol–water partition coefficient (Wildman–Crippen LogP) is 2.83. The summed E-state index contributed by atoms with van der Waals surface area (Å²) in [5.74, 6) is -1.82. The number of carbonyl (C=O) groups excluding carboxylic acids is 3. The standard InChI is InChI=1S/C24H23N3O6/c28-20(15-32-21(29)11-14-26-18-9-3-4-10-19(18)33-23(26)31)27-17-8-2-1-7-16(17)25-22(30)24(27)12-5-6-13-24/h1-4,7-10H,5-6,11-15H2,(H,25,30). The van der Waals surface area contributed by atoms with Gasteiger partial charge in [-0.3, -0.25) is 23.9 Å². The molecule has 1 aromatic heterocycles. The molecule has 5 rings (SSSR count). The molecule has 33 heavy (non-hydrogen) atoms. The molecule has 1 N–H and O–H groups in total. The van der Waals surface area contributed by atoms with E-state index in [0.29, 0.717) is 35.3 Å². The molecular formula is C24H23N3O6. The third-order valence-electron chi connectivity index (χ3n) is 6.39. The number of benzene rings is 2. The minimum atomic E-state index is -0.957. The number of ether oxygens (including phenoxy) is 1. The lowest BCUT2D eigenvalue weighted by molar-refractivity contribution is -0.148. The number of para-hydroxylation sites is 4. The molecule has 1 fully saturated rings. The Bertz CT molecular complexity index is 1300. The molecule has 170 valence electrons. The molecule has 1 aliphatic carbocycles. The van der Waals surface area contributed by atoms with E-state index in [4.69, 9.17) is 9.15 Å². The molecule has 9 heteroatoms. The lowest BCUT2D eigenvalue weighted by Gasteiger charge is -2.44. The number of hydrogen-bond acceptors (Lipinski definition) is 6. The summed E-state index contributed by atoms with van der Waals surface area (Å²) in [6.45, 7) is -0.412. The molecule has 1 saturated carbocycles. The molecule has 0 saturated heterocycles. The van der Waals surface area contributed by atoms with Gasteiger partial charge in [0.1, 0.15) is 5.54 Å². The Hall–Kier alpha value is -3.88. The topological polar surface area (TPSA) is 111 Å². The van der Waals surface area contributed by atoms with Crippen molar-refractivity contribution in [3.63, 3.8) is 0 Å². The molecule has 1 spiro atoms. The van der Waals surface area contributed by atoms with Crippen molar-refractivity contribution < 1.29 is 23.5 Å². The van der Waals surface area contributed by atoms with Gasteiger partial charge < -0.3 is 14.5 Å². The number of hydrogen-bond donors (Lipinski definition) is 1. The van der Waals surface area contributed by atoms with Crippen LogP contribution in [0.15, 0.2) is 57.7 Å². The highest BCUT2D eigenvalue weighted by Crippen LogP contribution is 2.45. The lowest BCUT2D eigenvalue weighted by atomic mass is 9.90. The normalized spacial score (nSPS) is 16.6. The maximum absolute atomic E-state index is 13.2. The van der Waals surface area contributed by atoms with Crippen LogP contribution < -0.4 is 16.0 Å². The van der Waals surface area contributed by atoms with E-state index in [1.54, 1.807) is 48.5 Å². The molecule has 2 aliphatic rings. The number of carbonyl (C=O) groups is 3. The first kappa shape index (κ1) is 21.0. The van der Waals surface area contributed by atoms with Crippen molar-refractivity contribution in [1.29, 1.82) is 0 Å². The minimum absolute atomic E-state index is 0.0712. The number of nitrogens with zero attached hydrogens (tertiary/aromatic N) is 2. The summed E-state index contributed by atoms with van der Waals surface area (Å²) >= 11 is 0. The molecule has 2 heterocycles. The van der Waals surface area contributed by atoms with Crippen LogP contribution in [0, 0.1) is 0 Å². The number of aromatic nitrogens is 1. The second-order valence-electron chi connectivity index (χ2n) is 8.34. The number of fused-ring (bicyclic) bond motifs is 2. The van der Waals surface area contributed by atoms with Gasteiger partial charge in [0.05, 0.1) is 23.3 Å². The van der Waals surface area contributed by atoms with Gasteiger partial charge in [-0.15, -0.1) is 0 Å². The molecule has 9 nitrogen and oxygen atoms in total. The van der Waals surface area contributed by atoms with Crippen LogP contribution in [0.25, 0.3) is 11.1 Å². The quantitative estimate of drug-likeness (QED) is 0.600. The molecule has 0 bridgehead atoms. The Morgan fingerprint density at radius 1 is 1.03 bits per heavy atom. The fourth-order valence-electron chi connectivity index (χ4n) is 4.84. The van der Waals surface area contributed by atoms with Crippen LogP contribution in [-0.2, 0) is 25.7 Å². The first-order valence-electron chi connectivity index (χ1n) is 11.0. The molecule has 0 radical (unpaired) electrons. The van der Waals surface area contributed by atoms with Crippen LogP contribution in [0.3, 0.4) is 0 Å². The molecule has 3 aromatic rings. The van der Waals surface area contributed by atoms with Gasteiger partial charge in [0.15, 0.2) is 12.2 Å². The van der Waals surface area contributed by atoms with Gasteiger partial charge in [-0.25, -0.2) is 4.79 Å². The Morgan fingerprint density at radius 2 is 1.76 bits per heavy atom. The van der Waals surface area contributed by atoms with E-state index < -0.39 is 29.8 Å². The summed E-state index contributed by atoms with van der Waals surface area (Å²) in [6, 6.07) is 14.1. The zero-order valence-corrected chi connectivity index (χ0v) is 17.9. The summed E-state index contributed by atoms with van der Waals surface area (Å²) < 4.78 is 11.8. The average Bonchev–Trinajstić information content (AvgIpc) is 3.42. The van der Waals surface area contributed by atoms with Crippen molar-refractivity contribution in [3.05, 3.63) is 59.1 Å². The van der Waals surface area contributed by atoms with Crippen LogP contribution in [-0.4, -0.2) is 34.5 Å². The number of anilines is 2. The number of oxazole rings is 1. The van der Waals surface area contributed by atoms with Crippen LogP contribution in [0.2, 0.25) is 0 Å². The summed E-state index contributed by atoms with van der Waals surface area (Å²) in [5.41, 5.74) is 1.24. The molecule has 0 atom stereocenters. The first-order valence-corrected chi connectivity index (χ1v) is 11.0. The Morgan fingerprint density at radius 3 is 2.58 bits per heavy atom. The van der Waals surface area contributed by atoms with Crippen molar-refractivity contribution >= 4 is 40.3 Å². The van der Waals surface area contributed by atoms with Crippen LogP contribution in [0.1, 0.15) is 32.1 Å². The maximum atomic E-state index is 13.2. The highest BCUT2D eigenvalue weighted by atomic mass is 16.5. The zero-order valence-electron chi connectivity index (χ0n) is 17.9. The number of aryl methyl sites for hydroxylation is 1. The smallest absolute Gasteiger partial charge is 0.419 e. The van der Waals surface area contributed by atoms with E-state index in [-0.39, 0.29) is 18.9 Å². The van der Waals surface area contributed by atoms with Crippen LogP contribution >= 0.6 is 0 Å². The lowest BCUT2D eigenvalue weighted by Crippen LogP contribution is -2.61. The number of rotatable bonds is 5. The summed E-state index contributed by atoms with van der Waals surface area (Å²) in [4.78, 5) is 52.1. The summed E-state index contributed by atoms with van der Waals surface area (Å²) in [6.07, 6.45) is 2.70. The van der Waals surface area contributed by atoms with E-state index in [9.17, 15) is 19.2 Å². The average molecular weight is 449 g/mol. The van der Waals surface area contributed by atoms with E-state index in [2.05, 4.69) is 5.32 Å². The monoisotopic (exact) mass is 449 g/mol. The van der Waals surface area contributed by atoms with Crippen molar-refractivity contribution in [1.82, 2.24) is 4.57 Å². The highest BCUT2D eigenvalue weighted by molar-refractivity contribution is 6.15. The number of nitrogens with one attached hydrogen (secondary N) is 1. The molecule has 2 aromatic carbocycles. The van der Waals surface area contributed by atoms with E-state index in [1.165, 1.54) is 9.47 Å². The third kappa shape index (κ3) is 3.59. The molecule has 0 unspecified atom stereocenters. The van der Waals surface area contributed by atoms with Crippen LogP contribution in [0.5, 0.6) is 0 Å². The van der Waals surface area contributed by atoms with Gasteiger partial charge in [0.2, 0.25) is 0 Å². The van der Waals surface area contributed by atoms with Crippen LogP contribution in [0.4, 0.5) is 11.4 Å².